The lowest BCUT2D eigenvalue weighted by atomic mass is 9.84. The van der Waals surface area contributed by atoms with Crippen LogP contribution >= 0.6 is 0 Å². The molecule has 6 nitrogen and oxygen atoms in total. The zero-order chi connectivity index (χ0) is 15.1. The number of aliphatic carboxylic acids is 1. The first-order chi connectivity index (χ1) is 9.99. The lowest BCUT2D eigenvalue weighted by Gasteiger charge is -2.39. The first-order valence-electron chi connectivity index (χ1n) is 8.00. The minimum atomic E-state index is -0.801. The van der Waals surface area contributed by atoms with E-state index in [1.165, 1.54) is 6.42 Å². The predicted molar refractivity (Wildman–Crippen MR) is 77.5 cm³/mol. The minimum Gasteiger partial charge on any atom is -0.480 e. The summed E-state index contributed by atoms with van der Waals surface area (Å²) in [4.78, 5) is 27.6. The molecule has 21 heavy (non-hydrogen) atoms. The number of carboxylic acid groups (broad SMARTS) is 1. The topological polar surface area (TPSA) is 86.9 Å². The SMILES string of the molecule is CC(C(=O)O)N1CCN(C(=O)C2C3CCC(C3)C2N)CC1. The zero-order valence-corrected chi connectivity index (χ0v) is 12.6. The molecule has 3 fully saturated rings. The molecule has 5 atom stereocenters. The minimum absolute atomic E-state index is 0.00666. The average molecular weight is 295 g/mol. The fourth-order valence-corrected chi connectivity index (χ4v) is 4.40. The maximum absolute atomic E-state index is 12.7. The van der Waals surface area contributed by atoms with Gasteiger partial charge in [-0.25, -0.2) is 0 Å². The summed E-state index contributed by atoms with van der Waals surface area (Å²) in [6.45, 7) is 4.21. The Kier molecular flexibility index (Phi) is 3.92. The van der Waals surface area contributed by atoms with Gasteiger partial charge >= 0.3 is 5.97 Å². The van der Waals surface area contributed by atoms with E-state index in [1.54, 1.807) is 6.92 Å². The van der Waals surface area contributed by atoms with Crippen LogP contribution in [0.15, 0.2) is 0 Å². The summed E-state index contributed by atoms with van der Waals surface area (Å²) in [5, 5.41) is 9.05. The molecule has 5 unspecified atom stereocenters. The predicted octanol–water partition coefficient (Wildman–Crippen LogP) is -0.0229. The largest absolute Gasteiger partial charge is 0.480 e. The molecular formula is C15H25N3O3. The molecular weight excluding hydrogens is 270 g/mol. The Hall–Kier alpha value is -1.14. The number of amides is 1. The highest BCUT2D eigenvalue weighted by molar-refractivity contribution is 5.81. The fourth-order valence-electron chi connectivity index (χ4n) is 4.40. The van der Waals surface area contributed by atoms with Crippen molar-refractivity contribution in [3.05, 3.63) is 0 Å². The maximum atomic E-state index is 12.7. The number of rotatable bonds is 3. The molecule has 2 aliphatic carbocycles. The van der Waals surface area contributed by atoms with Gasteiger partial charge in [0.25, 0.3) is 0 Å². The Balaban J connectivity index is 1.57. The quantitative estimate of drug-likeness (QED) is 0.764. The molecule has 3 aliphatic rings. The molecule has 1 amide bonds. The van der Waals surface area contributed by atoms with E-state index in [1.807, 2.05) is 9.80 Å². The molecule has 1 aliphatic heterocycles. The average Bonchev–Trinajstić information content (AvgIpc) is 3.07. The Morgan fingerprint density at radius 1 is 1.14 bits per heavy atom. The van der Waals surface area contributed by atoms with Gasteiger partial charge in [-0.1, -0.05) is 0 Å². The van der Waals surface area contributed by atoms with Crippen LogP contribution in [0, 0.1) is 17.8 Å². The number of nitrogens with zero attached hydrogens (tertiary/aromatic N) is 2. The molecule has 1 heterocycles. The molecule has 0 aromatic rings. The van der Waals surface area contributed by atoms with Crippen LogP contribution in [0.2, 0.25) is 0 Å². The van der Waals surface area contributed by atoms with Crippen molar-refractivity contribution in [2.24, 2.45) is 23.5 Å². The normalized spacial score (nSPS) is 37.7. The molecule has 2 saturated carbocycles. The van der Waals surface area contributed by atoms with E-state index in [9.17, 15) is 9.59 Å². The van der Waals surface area contributed by atoms with Crippen LogP contribution < -0.4 is 5.73 Å². The Labute approximate surface area is 125 Å². The smallest absolute Gasteiger partial charge is 0.320 e. The van der Waals surface area contributed by atoms with Crippen LogP contribution in [0.4, 0.5) is 0 Å². The second-order valence-electron chi connectivity index (χ2n) is 6.81. The highest BCUT2D eigenvalue weighted by Crippen LogP contribution is 2.48. The van der Waals surface area contributed by atoms with Crippen LogP contribution in [0.3, 0.4) is 0 Å². The lowest BCUT2D eigenvalue weighted by molar-refractivity contribution is -0.145. The van der Waals surface area contributed by atoms with E-state index in [4.69, 9.17) is 10.8 Å². The maximum Gasteiger partial charge on any atom is 0.320 e. The van der Waals surface area contributed by atoms with Crippen molar-refractivity contribution >= 4 is 11.9 Å². The van der Waals surface area contributed by atoms with Crippen molar-refractivity contribution in [1.82, 2.24) is 9.80 Å². The molecule has 2 bridgehead atoms. The molecule has 6 heteroatoms. The summed E-state index contributed by atoms with van der Waals surface area (Å²) < 4.78 is 0. The number of nitrogens with two attached hydrogens (primary N) is 1. The summed E-state index contributed by atoms with van der Waals surface area (Å²) in [6.07, 6.45) is 3.44. The third-order valence-corrected chi connectivity index (χ3v) is 5.80. The van der Waals surface area contributed by atoms with Crippen molar-refractivity contribution < 1.29 is 14.7 Å². The number of piperazine rings is 1. The zero-order valence-electron chi connectivity index (χ0n) is 12.6. The van der Waals surface area contributed by atoms with E-state index in [0.717, 1.165) is 12.8 Å². The van der Waals surface area contributed by atoms with Crippen LogP contribution in [0.25, 0.3) is 0 Å². The molecule has 0 radical (unpaired) electrons. The van der Waals surface area contributed by atoms with Gasteiger partial charge < -0.3 is 15.7 Å². The van der Waals surface area contributed by atoms with E-state index in [0.29, 0.717) is 38.0 Å². The second kappa shape index (κ2) is 5.57. The van der Waals surface area contributed by atoms with Crippen LogP contribution in [-0.4, -0.2) is 65.0 Å². The van der Waals surface area contributed by atoms with Gasteiger partial charge in [0.05, 0.1) is 5.92 Å². The Bertz CT molecular complexity index is 432. The van der Waals surface area contributed by atoms with Gasteiger partial charge in [0.2, 0.25) is 5.91 Å². The number of carbonyl (C=O) groups is 2. The van der Waals surface area contributed by atoms with E-state index in [2.05, 4.69) is 0 Å². The summed E-state index contributed by atoms with van der Waals surface area (Å²) in [5.41, 5.74) is 6.25. The van der Waals surface area contributed by atoms with Crippen LogP contribution in [0.1, 0.15) is 26.2 Å². The van der Waals surface area contributed by atoms with Gasteiger partial charge in [0.1, 0.15) is 6.04 Å². The molecule has 0 aromatic heterocycles. The first-order valence-corrected chi connectivity index (χ1v) is 8.00. The molecule has 3 N–H and O–H groups in total. The van der Waals surface area contributed by atoms with Crippen molar-refractivity contribution in [3.8, 4) is 0 Å². The highest BCUT2D eigenvalue weighted by Gasteiger charge is 2.50. The third kappa shape index (κ3) is 2.55. The van der Waals surface area contributed by atoms with E-state index >= 15 is 0 Å². The lowest BCUT2D eigenvalue weighted by Crippen LogP contribution is -2.56. The second-order valence-corrected chi connectivity index (χ2v) is 6.81. The number of carbonyl (C=O) groups excluding carboxylic acids is 1. The molecule has 1 saturated heterocycles. The standard InChI is InChI=1S/C15H25N3O3/c1-9(15(20)21)17-4-6-18(7-5-17)14(19)12-10-2-3-11(8-10)13(12)16/h9-13H,2-8,16H2,1H3,(H,20,21). The van der Waals surface area contributed by atoms with Gasteiger partial charge in [0, 0.05) is 32.2 Å². The number of hydrogen-bond donors (Lipinski definition) is 2. The van der Waals surface area contributed by atoms with Gasteiger partial charge in [-0.05, 0) is 38.0 Å². The molecule has 0 aromatic carbocycles. The summed E-state index contributed by atoms with van der Waals surface area (Å²) in [5.74, 6) is 0.431. The summed E-state index contributed by atoms with van der Waals surface area (Å²) >= 11 is 0. The van der Waals surface area contributed by atoms with Gasteiger partial charge in [-0.3, -0.25) is 14.5 Å². The van der Waals surface area contributed by atoms with Crippen molar-refractivity contribution in [3.63, 3.8) is 0 Å². The van der Waals surface area contributed by atoms with Gasteiger partial charge in [0.15, 0.2) is 0 Å². The fraction of sp³-hybridized carbons (Fsp3) is 0.867. The van der Waals surface area contributed by atoms with Crippen LogP contribution in [0.5, 0.6) is 0 Å². The highest BCUT2D eigenvalue weighted by atomic mass is 16.4. The third-order valence-electron chi connectivity index (χ3n) is 5.80. The van der Waals surface area contributed by atoms with Crippen LogP contribution in [-0.2, 0) is 9.59 Å². The van der Waals surface area contributed by atoms with Crippen molar-refractivity contribution in [2.75, 3.05) is 26.2 Å². The van der Waals surface area contributed by atoms with Crippen molar-refractivity contribution in [1.29, 1.82) is 0 Å². The van der Waals surface area contributed by atoms with E-state index < -0.39 is 12.0 Å². The molecule has 0 spiro atoms. The number of carboxylic acids is 1. The monoisotopic (exact) mass is 295 g/mol. The summed E-state index contributed by atoms with van der Waals surface area (Å²) in [6, 6.07) is -0.445. The van der Waals surface area contributed by atoms with Gasteiger partial charge in [-0.2, -0.15) is 0 Å². The molecule has 3 rings (SSSR count). The summed E-state index contributed by atoms with van der Waals surface area (Å²) in [7, 11) is 0. The number of hydrogen-bond acceptors (Lipinski definition) is 4. The first kappa shape index (κ1) is 14.8. The van der Waals surface area contributed by atoms with E-state index in [-0.39, 0.29) is 17.9 Å². The van der Waals surface area contributed by atoms with Crippen molar-refractivity contribution in [2.45, 2.75) is 38.3 Å². The number of fused-ring (bicyclic) bond motifs is 2. The Morgan fingerprint density at radius 3 is 2.29 bits per heavy atom. The molecule has 118 valence electrons. The Morgan fingerprint density at radius 2 is 1.76 bits per heavy atom. The van der Waals surface area contributed by atoms with Gasteiger partial charge in [-0.15, -0.1) is 0 Å².